The van der Waals surface area contributed by atoms with Gasteiger partial charge in [-0.2, -0.15) is 0 Å². The van der Waals surface area contributed by atoms with Gasteiger partial charge in [0.2, 0.25) is 17.7 Å². The summed E-state index contributed by atoms with van der Waals surface area (Å²) in [4.78, 5) is 87.4. The number of piperidine rings is 3. The summed E-state index contributed by atoms with van der Waals surface area (Å²) in [6.45, 7) is 26.0. The number of hydrogen-bond donors (Lipinski definition) is 3. The SMILES string of the molecule is CC(=O)N1C(C)(C)CC(C(C(=O)O)N(CC(=O)O)C(C(=O)O)(C2CC(C)(C)N(C(C)=O)C(C)(C)C2)C2CC(C)(C)N(C(C)=O)C(C)(C)C2)CC1(C)C. The van der Waals surface area contributed by atoms with E-state index in [1.165, 1.54) is 25.7 Å². The highest BCUT2D eigenvalue weighted by atomic mass is 16.4. The molecule has 13 heteroatoms. The number of carbonyl (C=O) groups is 6. The highest BCUT2D eigenvalue weighted by Gasteiger charge is 2.67. The number of rotatable bonds is 9. The first-order valence-electron chi connectivity index (χ1n) is 18.6. The lowest BCUT2D eigenvalue weighted by molar-refractivity contribution is -0.198. The van der Waals surface area contributed by atoms with Crippen molar-refractivity contribution in [3.8, 4) is 0 Å². The van der Waals surface area contributed by atoms with Gasteiger partial charge in [0, 0.05) is 54.0 Å². The van der Waals surface area contributed by atoms with Gasteiger partial charge in [-0.1, -0.05) is 0 Å². The van der Waals surface area contributed by atoms with Gasteiger partial charge in [0.25, 0.3) is 0 Å². The van der Waals surface area contributed by atoms with Crippen LogP contribution in [0.2, 0.25) is 0 Å². The fourth-order valence-electron chi connectivity index (χ4n) is 12.8. The van der Waals surface area contributed by atoms with Crippen molar-refractivity contribution in [1.82, 2.24) is 19.6 Å². The Morgan fingerprint density at radius 1 is 0.558 bits per heavy atom. The molecule has 52 heavy (non-hydrogen) atoms. The number of hydrogen-bond acceptors (Lipinski definition) is 7. The van der Waals surface area contributed by atoms with Gasteiger partial charge in [-0.3, -0.25) is 33.7 Å². The van der Waals surface area contributed by atoms with Gasteiger partial charge in [-0.15, -0.1) is 0 Å². The summed E-state index contributed by atoms with van der Waals surface area (Å²) in [5.41, 5.74) is -7.26. The molecule has 3 aliphatic rings. The predicted octanol–water partition coefficient (Wildman–Crippen LogP) is 5.10. The van der Waals surface area contributed by atoms with Crippen molar-refractivity contribution in [1.29, 1.82) is 0 Å². The second-order valence-corrected chi connectivity index (χ2v) is 19.8. The van der Waals surface area contributed by atoms with Gasteiger partial charge in [-0.05, 0) is 139 Å². The maximum Gasteiger partial charge on any atom is 0.324 e. The molecule has 296 valence electrons. The third kappa shape index (κ3) is 7.44. The Morgan fingerprint density at radius 2 is 0.827 bits per heavy atom. The van der Waals surface area contributed by atoms with Crippen LogP contribution in [0.5, 0.6) is 0 Å². The van der Waals surface area contributed by atoms with Gasteiger partial charge in [0.05, 0.1) is 6.54 Å². The molecular formula is C39H66N4O9. The zero-order chi connectivity index (χ0) is 40.5. The maximum absolute atomic E-state index is 14.7. The summed E-state index contributed by atoms with van der Waals surface area (Å²) in [7, 11) is 0. The van der Waals surface area contributed by atoms with Crippen LogP contribution in [0.4, 0.5) is 0 Å². The minimum atomic E-state index is -2.07. The predicted molar refractivity (Wildman–Crippen MR) is 196 cm³/mol. The van der Waals surface area contributed by atoms with Crippen LogP contribution in [0, 0.1) is 17.8 Å². The van der Waals surface area contributed by atoms with Crippen LogP contribution < -0.4 is 0 Å². The van der Waals surface area contributed by atoms with E-state index < -0.39 is 87.0 Å². The van der Waals surface area contributed by atoms with Crippen LogP contribution in [0.25, 0.3) is 0 Å². The quantitative estimate of drug-likeness (QED) is 0.289. The number of nitrogens with zero attached hydrogens (tertiary/aromatic N) is 4. The summed E-state index contributed by atoms with van der Waals surface area (Å²) in [6, 6.07) is -1.56. The van der Waals surface area contributed by atoms with Gasteiger partial charge in [0.15, 0.2) is 0 Å². The first kappa shape index (κ1) is 43.2. The van der Waals surface area contributed by atoms with Crippen molar-refractivity contribution >= 4 is 35.6 Å². The molecule has 3 fully saturated rings. The second-order valence-electron chi connectivity index (χ2n) is 19.8. The lowest BCUT2D eigenvalue weighted by Crippen LogP contribution is -2.77. The molecule has 3 N–H and O–H groups in total. The molecule has 3 heterocycles. The zero-order valence-electron chi connectivity index (χ0n) is 34.3. The largest absolute Gasteiger partial charge is 0.480 e. The number of carboxylic acid groups (broad SMARTS) is 3. The summed E-state index contributed by atoms with van der Waals surface area (Å²) in [5.74, 6) is -6.93. The number of aliphatic carboxylic acids is 3. The second kappa shape index (κ2) is 13.6. The van der Waals surface area contributed by atoms with Crippen LogP contribution in [0.3, 0.4) is 0 Å². The molecule has 0 spiro atoms. The molecule has 1 unspecified atom stereocenters. The molecule has 0 radical (unpaired) electrons. The summed E-state index contributed by atoms with van der Waals surface area (Å²) >= 11 is 0. The van der Waals surface area contributed by atoms with Crippen molar-refractivity contribution in [2.24, 2.45) is 17.8 Å². The first-order valence-corrected chi connectivity index (χ1v) is 18.6. The molecule has 0 bridgehead atoms. The Balaban J connectivity index is 2.49. The van der Waals surface area contributed by atoms with Gasteiger partial charge in [0.1, 0.15) is 11.6 Å². The Labute approximate surface area is 310 Å². The Hall–Kier alpha value is -3.22. The average Bonchev–Trinajstić information content (AvgIpc) is 2.82. The molecule has 0 aromatic carbocycles. The van der Waals surface area contributed by atoms with E-state index in [-0.39, 0.29) is 56.2 Å². The van der Waals surface area contributed by atoms with Crippen molar-refractivity contribution < 1.29 is 44.1 Å². The number of carboxylic acids is 3. The van der Waals surface area contributed by atoms with Gasteiger partial charge >= 0.3 is 17.9 Å². The molecule has 3 saturated heterocycles. The topological polar surface area (TPSA) is 176 Å². The van der Waals surface area contributed by atoms with Crippen molar-refractivity contribution in [3.05, 3.63) is 0 Å². The number of carbonyl (C=O) groups excluding carboxylic acids is 3. The van der Waals surface area contributed by atoms with Gasteiger partial charge < -0.3 is 30.0 Å². The standard InChI is InChI=1S/C39H66N4O9/c1-23(44)41-33(4,5)16-26(17-34(41,6)7)30(31(49)50)40(22-29(47)48)39(32(51)52,27-18-35(8,9)42(24(2)45)36(10,11)19-27)28-20-37(12,13)43(25(3)46)38(14,15)21-28/h26-28,30H,16-22H2,1-15H3,(H,47,48)(H,49,50)(H,51,52). The lowest BCUT2D eigenvalue weighted by Gasteiger charge is -2.65. The van der Waals surface area contributed by atoms with Crippen LogP contribution in [0.1, 0.15) is 142 Å². The third-order valence-electron chi connectivity index (χ3n) is 12.5. The Morgan fingerprint density at radius 3 is 1.04 bits per heavy atom. The van der Waals surface area contributed by atoms with E-state index in [2.05, 4.69) is 0 Å². The van der Waals surface area contributed by atoms with E-state index in [1.54, 1.807) is 14.7 Å². The Kier molecular flexibility index (Phi) is 11.3. The van der Waals surface area contributed by atoms with Crippen LogP contribution >= 0.6 is 0 Å². The minimum absolute atomic E-state index is 0.165. The molecule has 3 aliphatic heterocycles. The number of amides is 3. The smallest absolute Gasteiger partial charge is 0.324 e. The number of likely N-dealkylation sites (tertiary alicyclic amines) is 3. The van der Waals surface area contributed by atoms with E-state index in [1.807, 2.05) is 83.1 Å². The lowest BCUT2D eigenvalue weighted by atomic mass is 9.56. The van der Waals surface area contributed by atoms with E-state index in [9.17, 15) is 44.1 Å². The van der Waals surface area contributed by atoms with E-state index >= 15 is 0 Å². The Bertz CT molecular complexity index is 1370. The molecule has 13 nitrogen and oxygen atoms in total. The monoisotopic (exact) mass is 734 g/mol. The molecule has 0 aromatic heterocycles. The molecule has 1 atom stereocenters. The maximum atomic E-state index is 14.7. The summed E-state index contributed by atoms with van der Waals surface area (Å²) in [5, 5.41) is 33.9. The first-order chi connectivity index (χ1) is 23.2. The summed E-state index contributed by atoms with van der Waals surface area (Å²) < 4.78 is 0. The van der Waals surface area contributed by atoms with Gasteiger partial charge in [-0.25, -0.2) is 0 Å². The van der Waals surface area contributed by atoms with Crippen LogP contribution in [-0.2, 0) is 28.8 Å². The fourth-order valence-corrected chi connectivity index (χ4v) is 12.8. The molecule has 0 aromatic rings. The van der Waals surface area contributed by atoms with E-state index in [0.29, 0.717) is 0 Å². The van der Waals surface area contributed by atoms with E-state index in [0.717, 1.165) is 0 Å². The fraction of sp³-hybridized carbons (Fsp3) is 0.846. The highest BCUT2D eigenvalue weighted by Crippen LogP contribution is 2.56. The van der Waals surface area contributed by atoms with Crippen molar-refractivity contribution in [2.75, 3.05) is 6.54 Å². The third-order valence-corrected chi connectivity index (χ3v) is 12.5. The normalized spacial score (nSPS) is 25.0. The molecule has 0 aliphatic carbocycles. The van der Waals surface area contributed by atoms with Crippen molar-refractivity contribution in [3.63, 3.8) is 0 Å². The molecule has 3 amide bonds. The van der Waals surface area contributed by atoms with E-state index in [4.69, 9.17) is 0 Å². The minimum Gasteiger partial charge on any atom is -0.480 e. The van der Waals surface area contributed by atoms with Crippen LogP contribution in [0.15, 0.2) is 0 Å². The van der Waals surface area contributed by atoms with Crippen LogP contribution in [-0.4, -0.2) is 122 Å². The summed E-state index contributed by atoms with van der Waals surface area (Å²) in [6.07, 6.45) is 1.05. The average molecular weight is 735 g/mol. The highest BCUT2D eigenvalue weighted by molar-refractivity contribution is 5.85. The molecule has 3 rings (SSSR count). The molecular weight excluding hydrogens is 668 g/mol. The zero-order valence-corrected chi connectivity index (χ0v) is 34.3. The molecule has 0 saturated carbocycles. The van der Waals surface area contributed by atoms with Crippen molar-refractivity contribution in [2.45, 2.75) is 187 Å².